The molecule has 74 heavy (non-hydrogen) atoms. The van der Waals surface area contributed by atoms with Crippen molar-refractivity contribution in [3.8, 4) is 0 Å². The second-order valence-corrected chi connectivity index (χ2v) is 19.8. The molecule has 0 bridgehead atoms. The molecule has 0 aliphatic heterocycles. The summed E-state index contributed by atoms with van der Waals surface area (Å²) in [6, 6.07) is 0. The first kappa shape index (κ1) is 69.8. The number of hydrogen-bond donors (Lipinski definition) is 0. The molecule has 0 aromatic heterocycles. The molecule has 0 fully saturated rings. The lowest BCUT2D eigenvalue weighted by Crippen LogP contribution is -2.30. The number of esters is 3. The highest BCUT2D eigenvalue weighted by atomic mass is 16.6. The molecule has 0 radical (unpaired) electrons. The molecule has 0 saturated heterocycles. The van der Waals surface area contributed by atoms with Crippen molar-refractivity contribution < 1.29 is 28.6 Å². The van der Waals surface area contributed by atoms with Gasteiger partial charge in [-0.15, -0.1) is 0 Å². The Hall–Kier alpha value is -4.19. The van der Waals surface area contributed by atoms with Crippen molar-refractivity contribution in [2.75, 3.05) is 13.2 Å². The van der Waals surface area contributed by atoms with Gasteiger partial charge in [0.15, 0.2) is 6.10 Å². The Morgan fingerprint density at radius 2 is 0.541 bits per heavy atom. The lowest BCUT2D eigenvalue weighted by molar-refractivity contribution is -0.167. The second kappa shape index (κ2) is 61.4. The van der Waals surface area contributed by atoms with Gasteiger partial charge in [-0.1, -0.05) is 251 Å². The molecule has 0 amide bonds. The molecular formula is C68H112O6. The quantitative estimate of drug-likeness (QED) is 0.0261. The van der Waals surface area contributed by atoms with Crippen LogP contribution in [0.25, 0.3) is 0 Å². The highest BCUT2D eigenvalue weighted by Crippen LogP contribution is 2.15. The van der Waals surface area contributed by atoms with Gasteiger partial charge in [-0.2, -0.15) is 0 Å². The van der Waals surface area contributed by atoms with Crippen LogP contribution in [0.2, 0.25) is 0 Å². The van der Waals surface area contributed by atoms with Crippen LogP contribution < -0.4 is 0 Å². The van der Waals surface area contributed by atoms with Crippen molar-refractivity contribution in [3.05, 3.63) is 122 Å². The minimum atomic E-state index is -0.811. The van der Waals surface area contributed by atoms with E-state index in [0.29, 0.717) is 19.3 Å². The summed E-state index contributed by atoms with van der Waals surface area (Å²) < 4.78 is 16.9. The van der Waals surface area contributed by atoms with Crippen LogP contribution in [0.5, 0.6) is 0 Å². The van der Waals surface area contributed by atoms with Gasteiger partial charge in [-0.3, -0.25) is 14.4 Å². The van der Waals surface area contributed by atoms with E-state index in [1.807, 2.05) is 0 Å². The van der Waals surface area contributed by atoms with E-state index >= 15 is 0 Å². The molecule has 0 aromatic rings. The van der Waals surface area contributed by atoms with Crippen LogP contribution in [0.4, 0.5) is 0 Å². The zero-order valence-electron chi connectivity index (χ0n) is 48.1. The largest absolute Gasteiger partial charge is 0.462 e. The summed E-state index contributed by atoms with van der Waals surface area (Å²) in [6.45, 7) is 6.36. The third kappa shape index (κ3) is 58.7. The minimum absolute atomic E-state index is 0.104. The zero-order chi connectivity index (χ0) is 53.6. The first-order valence-electron chi connectivity index (χ1n) is 30.5. The van der Waals surface area contributed by atoms with Crippen molar-refractivity contribution in [2.45, 2.75) is 277 Å². The van der Waals surface area contributed by atoms with E-state index in [4.69, 9.17) is 14.2 Å². The summed E-state index contributed by atoms with van der Waals surface area (Å²) >= 11 is 0. The maximum Gasteiger partial charge on any atom is 0.306 e. The molecule has 0 aromatic carbocycles. The molecule has 6 nitrogen and oxygen atoms in total. The highest BCUT2D eigenvalue weighted by molar-refractivity contribution is 5.71. The predicted octanol–water partition coefficient (Wildman–Crippen LogP) is 20.8. The van der Waals surface area contributed by atoms with Gasteiger partial charge in [-0.05, 0) is 122 Å². The van der Waals surface area contributed by atoms with Crippen molar-refractivity contribution in [2.24, 2.45) is 0 Å². The molecule has 0 aliphatic rings. The fraction of sp³-hybridized carbons (Fsp3) is 0.662. The number of carbonyl (C=O) groups is 3. The second-order valence-electron chi connectivity index (χ2n) is 19.8. The smallest absolute Gasteiger partial charge is 0.306 e. The normalized spacial score (nSPS) is 13.0. The van der Waals surface area contributed by atoms with Gasteiger partial charge < -0.3 is 14.2 Å². The number of ether oxygens (including phenoxy) is 3. The average Bonchev–Trinajstić information content (AvgIpc) is 3.40. The van der Waals surface area contributed by atoms with Crippen LogP contribution in [0.3, 0.4) is 0 Å². The standard InChI is InChI=1S/C68H112O6/c1-4-7-10-13-16-19-22-25-28-31-33-34-35-38-40-43-46-49-52-55-58-61-67(70)73-64-65(63-72-66(69)60-57-54-51-48-45-42-39-36-30-27-24-21-18-15-12-9-6-3)74-68(71)62-59-56-53-50-47-44-41-37-32-29-26-23-20-17-14-11-8-5-2/h7,9-10,12,16,18-19,21,25,27-30,32-34,39,42,48,51,65H,4-6,8,11,13-15,17,20,22-24,26,31,35-38,40-41,43-47,49-50,52-64H2,1-3H3/b10-7-,12-9-,19-16-,21-18-,28-25-,30-27-,32-29-,34-33-,42-39-,51-48-. The Morgan fingerprint density at radius 1 is 0.284 bits per heavy atom. The summed E-state index contributed by atoms with van der Waals surface area (Å²) in [5.41, 5.74) is 0. The summed E-state index contributed by atoms with van der Waals surface area (Å²) in [5, 5.41) is 0. The lowest BCUT2D eigenvalue weighted by atomic mass is 10.1. The summed E-state index contributed by atoms with van der Waals surface area (Å²) in [5.74, 6) is -0.974. The van der Waals surface area contributed by atoms with Crippen molar-refractivity contribution in [1.82, 2.24) is 0 Å². The molecule has 0 rings (SSSR count). The van der Waals surface area contributed by atoms with Crippen LogP contribution in [0, 0.1) is 0 Å². The third-order valence-electron chi connectivity index (χ3n) is 12.7. The van der Waals surface area contributed by atoms with E-state index in [2.05, 4.69) is 142 Å². The van der Waals surface area contributed by atoms with Gasteiger partial charge in [-0.25, -0.2) is 0 Å². The average molecular weight is 1030 g/mol. The maximum atomic E-state index is 12.9. The van der Waals surface area contributed by atoms with Gasteiger partial charge in [0.25, 0.3) is 0 Å². The van der Waals surface area contributed by atoms with E-state index < -0.39 is 6.10 Å². The topological polar surface area (TPSA) is 78.9 Å². The number of rotatable bonds is 54. The third-order valence-corrected chi connectivity index (χ3v) is 12.7. The van der Waals surface area contributed by atoms with Gasteiger partial charge in [0, 0.05) is 19.3 Å². The Balaban J connectivity index is 4.48. The van der Waals surface area contributed by atoms with Crippen molar-refractivity contribution in [3.63, 3.8) is 0 Å². The lowest BCUT2D eigenvalue weighted by Gasteiger charge is -2.18. The molecule has 0 spiro atoms. The van der Waals surface area contributed by atoms with Crippen molar-refractivity contribution >= 4 is 17.9 Å². The maximum absolute atomic E-state index is 12.9. The fourth-order valence-corrected chi connectivity index (χ4v) is 8.17. The summed E-state index contributed by atoms with van der Waals surface area (Å²) in [7, 11) is 0. The van der Waals surface area contributed by atoms with E-state index in [0.717, 1.165) is 109 Å². The van der Waals surface area contributed by atoms with Gasteiger partial charge in [0.05, 0.1) is 0 Å². The van der Waals surface area contributed by atoms with Gasteiger partial charge in [0.1, 0.15) is 13.2 Å². The zero-order valence-corrected chi connectivity index (χ0v) is 48.1. The summed E-state index contributed by atoms with van der Waals surface area (Å²) in [4.78, 5) is 38.3. The van der Waals surface area contributed by atoms with Gasteiger partial charge >= 0.3 is 17.9 Å². The monoisotopic (exact) mass is 1020 g/mol. The van der Waals surface area contributed by atoms with Crippen LogP contribution >= 0.6 is 0 Å². The molecular weight excluding hydrogens is 913 g/mol. The molecule has 6 heteroatoms. The van der Waals surface area contributed by atoms with Crippen LogP contribution in [-0.2, 0) is 28.6 Å². The highest BCUT2D eigenvalue weighted by Gasteiger charge is 2.19. The number of hydrogen-bond acceptors (Lipinski definition) is 6. The molecule has 1 atom stereocenters. The van der Waals surface area contributed by atoms with E-state index in [-0.39, 0.29) is 37.5 Å². The summed E-state index contributed by atoms with van der Waals surface area (Å²) in [6.07, 6.45) is 84.8. The minimum Gasteiger partial charge on any atom is -0.462 e. The SMILES string of the molecule is CC/C=C\C/C=C\C/C=C\C/C=C\C/C=C\CCCC(=O)OCC(COC(=O)CCCCCCCCCC/C=C\C/C=C\C/C=C\C/C=C\CC)OC(=O)CCCCCCCCC/C=C\CCCCCCCCC. The van der Waals surface area contributed by atoms with Gasteiger partial charge in [0.2, 0.25) is 0 Å². The van der Waals surface area contributed by atoms with Crippen LogP contribution in [0.15, 0.2) is 122 Å². The first-order valence-corrected chi connectivity index (χ1v) is 30.5. The number of allylic oxidation sites excluding steroid dienone is 20. The number of unbranched alkanes of at least 4 members (excludes halogenated alkanes) is 23. The van der Waals surface area contributed by atoms with E-state index in [9.17, 15) is 14.4 Å². The van der Waals surface area contributed by atoms with Crippen LogP contribution in [-0.4, -0.2) is 37.2 Å². The number of carbonyl (C=O) groups excluding carboxylic acids is 3. The molecule has 0 N–H and O–H groups in total. The van der Waals surface area contributed by atoms with Crippen molar-refractivity contribution in [1.29, 1.82) is 0 Å². The molecule has 420 valence electrons. The van der Waals surface area contributed by atoms with Crippen LogP contribution in [0.1, 0.15) is 271 Å². The first-order chi connectivity index (χ1) is 36.5. The molecule has 0 saturated carbocycles. The Bertz CT molecular complexity index is 1550. The molecule has 1 unspecified atom stereocenters. The Morgan fingerprint density at radius 3 is 0.892 bits per heavy atom. The fourth-order valence-electron chi connectivity index (χ4n) is 8.17. The van der Waals surface area contributed by atoms with E-state index in [1.165, 1.54) is 116 Å². The van der Waals surface area contributed by atoms with E-state index in [1.54, 1.807) is 0 Å². The Labute approximate surface area is 456 Å². The molecule has 0 heterocycles. The Kier molecular flexibility index (Phi) is 57.9. The predicted molar refractivity (Wildman–Crippen MR) is 320 cm³/mol. The molecule has 0 aliphatic carbocycles.